The van der Waals surface area contributed by atoms with Crippen LogP contribution in [0.1, 0.15) is 62.9 Å². The molecule has 3 aliphatic heterocycles. The van der Waals surface area contributed by atoms with E-state index in [0.29, 0.717) is 50.6 Å². The lowest BCUT2D eigenvalue weighted by atomic mass is 9.84. The summed E-state index contributed by atoms with van der Waals surface area (Å²) >= 11 is 0. The molecule has 40 heavy (non-hydrogen) atoms. The molecule has 0 bridgehead atoms. The third kappa shape index (κ3) is 6.06. The number of nitrogens with one attached hydrogen (secondary N) is 2. The summed E-state index contributed by atoms with van der Waals surface area (Å²) in [6.07, 6.45) is -5.40. The van der Waals surface area contributed by atoms with Crippen molar-refractivity contribution in [2.45, 2.75) is 77.0 Å². The highest BCUT2D eigenvalue weighted by molar-refractivity contribution is 5.99. The van der Waals surface area contributed by atoms with E-state index in [1.165, 1.54) is 0 Å². The fourth-order valence-electron chi connectivity index (χ4n) is 5.55. The number of carbonyl (C=O) groups is 2. The van der Waals surface area contributed by atoms with Gasteiger partial charge in [0.25, 0.3) is 0 Å². The van der Waals surface area contributed by atoms with Crippen LogP contribution in [-0.2, 0) is 19.8 Å². The number of morpholine rings is 1. The van der Waals surface area contributed by atoms with Crippen molar-refractivity contribution in [3.05, 3.63) is 23.3 Å². The molecule has 0 aromatic heterocycles. The molecule has 1 aromatic carbocycles. The molecule has 0 amide bonds. The number of ketones is 1. The normalized spacial score (nSPS) is 27.8. The van der Waals surface area contributed by atoms with E-state index >= 15 is 0 Å². The van der Waals surface area contributed by atoms with Crippen molar-refractivity contribution in [1.29, 1.82) is 0 Å². The van der Waals surface area contributed by atoms with E-state index in [-0.39, 0.29) is 11.6 Å². The summed E-state index contributed by atoms with van der Waals surface area (Å²) in [5.41, 5.74) is 13.5. The lowest BCUT2D eigenvalue weighted by molar-refractivity contribution is -1.13. The highest BCUT2D eigenvalue weighted by atomic mass is 19.4. The molecule has 3 saturated heterocycles. The monoisotopic (exact) mass is 573 g/mol. The van der Waals surface area contributed by atoms with Crippen LogP contribution in [0.5, 0.6) is 5.75 Å². The molecule has 4 atom stereocenters. The number of halogens is 3. The molecule has 4 rings (SSSR count). The molecule has 3 heterocycles. The van der Waals surface area contributed by atoms with Gasteiger partial charge in [-0.05, 0) is 35.1 Å². The Morgan fingerprint density at radius 1 is 1.18 bits per heavy atom. The second-order valence-corrected chi connectivity index (χ2v) is 11.5. The van der Waals surface area contributed by atoms with Crippen LogP contribution in [0.4, 0.5) is 18.9 Å². The third-order valence-electron chi connectivity index (χ3n) is 7.66. The Bertz CT molecular complexity index is 1110. The Balaban J connectivity index is 1.75. The third-order valence-corrected chi connectivity index (χ3v) is 7.66. The number of hydrazine groups is 1. The molecule has 0 saturated carbocycles. The highest BCUT2D eigenvalue weighted by Crippen LogP contribution is 2.41. The van der Waals surface area contributed by atoms with Crippen molar-refractivity contribution >= 4 is 17.4 Å². The van der Waals surface area contributed by atoms with Crippen molar-refractivity contribution in [2.75, 3.05) is 44.9 Å². The quantitative estimate of drug-likeness (QED) is 0.331. The Morgan fingerprint density at radius 3 is 2.42 bits per heavy atom. The minimum Gasteiger partial charge on any atom is -0.494 e. The number of nitrogens with two attached hydrogens (primary N) is 1. The van der Waals surface area contributed by atoms with E-state index in [0.717, 1.165) is 12.0 Å². The first-order chi connectivity index (χ1) is 18.7. The molecule has 4 N–H and O–H groups in total. The summed E-state index contributed by atoms with van der Waals surface area (Å²) in [7, 11) is 1.57. The molecular formula is C26H40F3N6O5+. The average molecular weight is 574 g/mol. The number of Topliss-reactive ketones (excluding diaryl/α,β-unsaturated/α-hetero) is 1. The highest BCUT2D eigenvalue weighted by Gasteiger charge is 2.61. The number of hydrogen-bond acceptors (Lipinski definition) is 10. The van der Waals surface area contributed by atoms with Gasteiger partial charge in [0.05, 0.1) is 26.0 Å². The van der Waals surface area contributed by atoms with E-state index in [9.17, 15) is 22.8 Å². The van der Waals surface area contributed by atoms with Gasteiger partial charge in [-0.25, -0.2) is 15.1 Å². The molecule has 1 aromatic rings. The Morgan fingerprint density at radius 2 is 1.85 bits per heavy atom. The van der Waals surface area contributed by atoms with Gasteiger partial charge in [-0.1, -0.05) is 33.1 Å². The number of rotatable bonds is 7. The Hall–Kier alpha value is -2.49. The van der Waals surface area contributed by atoms with Crippen LogP contribution in [0, 0.1) is 0 Å². The van der Waals surface area contributed by atoms with Crippen molar-refractivity contribution < 1.29 is 41.8 Å². The number of benzene rings is 1. The zero-order valence-electron chi connectivity index (χ0n) is 23.6. The molecular weight excluding hydrogens is 533 g/mol. The largest absolute Gasteiger partial charge is 0.497 e. The minimum atomic E-state index is -5.26. The molecule has 0 aliphatic carbocycles. The van der Waals surface area contributed by atoms with Crippen molar-refractivity contribution in [3.8, 4) is 5.75 Å². The van der Waals surface area contributed by atoms with Gasteiger partial charge in [0.15, 0.2) is 6.29 Å². The predicted molar refractivity (Wildman–Crippen MR) is 140 cm³/mol. The maximum Gasteiger partial charge on any atom is 0.497 e. The number of nitrogens with zero attached hydrogens (tertiary/aromatic N) is 3. The van der Waals surface area contributed by atoms with Crippen molar-refractivity contribution in [2.24, 2.45) is 5.73 Å². The summed E-state index contributed by atoms with van der Waals surface area (Å²) in [5.74, 6) is -2.30. The predicted octanol–water partition coefficient (Wildman–Crippen LogP) is 2.31. The lowest BCUT2D eigenvalue weighted by Gasteiger charge is -2.39. The molecule has 14 heteroatoms. The zero-order valence-corrected chi connectivity index (χ0v) is 23.6. The summed E-state index contributed by atoms with van der Waals surface area (Å²) < 4.78 is 50.4. The maximum atomic E-state index is 14.0. The van der Waals surface area contributed by atoms with Gasteiger partial charge in [-0.2, -0.15) is 18.2 Å². The topological polar surface area (TPSA) is 118 Å². The summed E-state index contributed by atoms with van der Waals surface area (Å²) in [6, 6.07) is 3.43. The number of fused-ring (bicyclic) bond motifs is 1. The molecule has 224 valence electrons. The van der Waals surface area contributed by atoms with E-state index in [2.05, 4.69) is 15.8 Å². The van der Waals surface area contributed by atoms with Gasteiger partial charge < -0.3 is 14.4 Å². The number of hydroxylamine groups is 2. The van der Waals surface area contributed by atoms with E-state index < -0.39 is 47.1 Å². The standard InChI is InChI=1S/C26H40F3N6O5/c1-6-17-7-8-21-34(31-17)24(30)32-35(21,40-23(37)26(27,28)29)15-20(36)16-13-18(25(2,3)4)22(38-5)19(14-16)33-9-11-39-12-10-33/h13-14,17,21,24,31-32H,6-12,15,30H2,1-5H3/q+1. The molecule has 3 fully saturated rings. The van der Waals surface area contributed by atoms with E-state index in [4.69, 9.17) is 20.0 Å². The zero-order chi connectivity index (χ0) is 29.5. The van der Waals surface area contributed by atoms with Gasteiger partial charge in [0.1, 0.15) is 5.75 Å². The van der Waals surface area contributed by atoms with Crippen LogP contribution in [-0.4, -0.2) is 86.1 Å². The number of anilines is 1. The first kappa shape index (κ1) is 30.5. The second kappa shape index (κ2) is 11.4. The molecule has 11 nitrogen and oxygen atoms in total. The van der Waals surface area contributed by atoms with Crippen LogP contribution in [0.25, 0.3) is 0 Å². The first-order valence-corrected chi connectivity index (χ1v) is 13.5. The van der Waals surface area contributed by atoms with Gasteiger partial charge in [-0.3, -0.25) is 10.5 Å². The number of ether oxygens (including phenoxy) is 2. The number of hydrogen-bond donors (Lipinski definition) is 3. The SMILES string of the molecule is CCC1CCC2N(N1)C(N)N[N+]2(CC(=O)c1cc(N2CCOCC2)c(OC)c(C(C)(C)C)c1)OC(=O)C(F)(F)F. The molecule has 0 radical (unpaired) electrons. The van der Waals surface area contributed by atoms with E-state index in [1.54, 1.807) is 24.3 Å². The van der Waals surface area contributed by atoms with Crippen LogP contribution in [0.15, 0.2) is 12.1 Å². The molecule has 4 unspecified atom stereocenters. The van der Waals surface area contributed by atoms with Crippen LogP contribution < -0.4 is 26.2 Å². The van der Waals surface area contributed by atoms with Crippen molar-refractivity contribution in [3.63, 3.8) is 0 Å². The smallest absolute Gasteiger partial charge is 0.494 e. The number of quaternary nitrogens is 1. The lowest BCUT2D eigenvalue weighted by Crippen LogP contribution is -2.66. The van der Waals surface area contributed by atoms with Crippen LogP contribution >= 0.6 is 0 Å². The Kier molecular flexibility index (Phi) is 8.69. The van der Waals surface area contributed by atoms with Gasteiger partial charge >= 0.3 is 12.1 Å². The van der Waals surface area contributed by atoms with Crippen LogP contribution in [0.3, 0.4) is 0 Å². The first-order valence-electron chi connectivity index (χ1n) is 13.5. The average Bonchev–Trinajstić information content (AvgIpc) is 3.17. The van der Waals surface area contributed by atoms with Gasteiger partial charge in [-0.15, -0.1) is 0 Å². The van der Waals surface area contributed by atoms with E-state index in [1.807, 2.05) is 27.7 Å². The summed E-state index contributed by atoms with van der Waals surface area (Å²) in [5, 5.41) is 1.54. The fraction of sp³-hybridized carbons (Fsp3) is 0.692. The number of carbonyl (C=O) groups excluding carboxylic acids is 2. The number of methoxy groups -OCH3 is 1. The maximum absolute atomic E-state index is 14.0. The second-order valence-electron chi connectivity index (χ2n) is 11.5. The molecule has 0 spiro atoms. The van der Waals surface area contributed by atoms with Crippen LogP contribution in [0.2, 0.25) is 0 Å². The molecule has 3 aliphatic rings. The summed E-state index contributed by atoms with van der Waals surface area (Å²) in [4.78, 5) is 33.2. The number of alkyl halides is 3. The van der Waals surface area contributed by atoms with Gasteiger partial charge in [0, 0.05) is 36.7 Å². The minimum absolute atomic E-state index is 0.0464. The Labute approximate surface area is 232 Å². The fourth-order valence-corrected chi connectivity index (χ4v) is 5.55. The summed E-state index contributed by atoms with van der Waals surface area (Å²) in [6.45, 7) is 9.50. The van der Waals surface area contributed by atoms with Gasteiger partial charge in [0.2, 0.25) is 18.5 Å². The van der Waals surface area contributed by atoms with Crippen molar-refractivity contribution in [1.82, 2.24) is 15.9 Å².